The fourth-order valence-electron chi connectivity index (χ4n) is 1.84. The van der Waals surface area contributed by atoms with Gasteiger partial charge in [-0.3, -0.25) is 0 Å². The fourth-order valence-corrected chi connectivity index (χ4v) is 2.28. The van der Waals surface area contributed by atoms with Gasteiger partial charge in [-0.25, -0.2) is 0 Å². The molecular weight excluding hydrogens is 218 g/mol. The Morgan fingerprint density at radius 1 is 1.60 bits per heavy atom. The Balaban J connectivity index is 2.20. The Morgan fingerprint density at radius 3 is 3.13 bits per heavy atom. The molecule has 0 saturated carbocycles. The van der Waals surface area contributed by atoms with Crippen LogP contribution in [0, 0.1) is 5.81 Å². The van der Waals surface area contributed by atoms with E-state index >= 15 is 0 Å². The summed E-state index contributed by atoms with van der Waals surface area (Å²) in [4.78, 5) is 0. The quantitative estimate of drug-likeness (QED) is 0.478. The van der Waals surface area contributed by atoms with Crippen molar-refractivity contribution in [1.82, 2.24) is 0 Å². The van der Waals surface area contributed by atoms with Crippen molar-refractivity contribution in [2.24, 2.45) is 0 Å². The zero-order valence-corrected chi connectivity index (χ0v) is 8.89. The van der Waals surface area contributed by atoms with E-state index in [0.717, 1.165) is 0 Å². The Bertz CT molecular complexity index is 303. The van der Waals surface area contributed by atoms with Crippen LogP contribution in [0.3, 0.4) is 0 Å². The Hall–Kier alpha value is 0.0749. The van der Waals surface area contributed by atoms with Gasteiger partial charge in [0, 0.05) is 0 Å². The zero-order valence-electron chi connectivity index (χ0n) is 8.00. The topological polar surface area (TPSA) is 68.2 Å². The van der Waals surface area contributed by atoms with Crippen molar-refractivity contribution in [3.8, 4) is 5.81 Å². The van der Waals surface area contributed by atoms with Crippen molar-refractivity contribution >= 4 is 16.1 Å². The first kappa shape index (κ1) is 11.6. The number of ether oxygens (including phenoxy) is 2. The van der Waals surface area contributed by atoms with Crippen molar-refractivity contribution in [3.63, 3.8) is 0 Å². The van der Waals surface area contributed by atoms with Crippen molar-refractivity contribution < 1.29 is 24.2 Å². The molecule has 2 heterocycles. The zero-order chi connectivity index (χ0) is 10.9. The predicted molar refractivity (Wildman–Crippen MR) is 52.7 cm³/mol. The molecule has 2 radical (unpaired) electrons. The molecule has 15 heavy (non-hydrogen) atoms. The summed E-state index contributed by atoms with van der Waals surface area (Å²) in [6.45, 7) is 0.110. The number of aliphatic hydroxyl groups is 2. The van der Waals surface area contributed by atoms with Gasteiger partial charge in [0.25, 0.3) is 0 Å². The SMILES string of the molecule is [B]C1OC2CO[P+]#CO[C@H]2[C@@]1(O)CCO. The van der Waals surface area contributed by atoms with Gasteiger partial charge in [-0.2, -0.15) is 0 Å². The molecule has 7 heteroatoms. The summed E-state index contributed by atoms with van der Waals surface area (Å²) in [5, 5.41) is 19.1. The molecule has 0 aromatic carbocycles. The average molecular weight is 229 g/mol. The van der Waals surface area contributed by atoms with Crippen LogP contribution >= 0.6 is 8.26 Å². The Kier molecular flexibility index (Phi) is 3.48. The van der Waals surface area contributed by atoms with Crippen molar-refractivity contribution in [1.29, 1.82) is 0 Å². The summed E-state index contributed by atoms with van der Waals surface area (Å²) < 4.78 is 15.7. The van der Waals surface area contributed by atoms with E-state index in [0.29, 0.717) is 14.9 Å². The van der Waals surface area contributed by atoms with Crippen LogP contribution in [0.2, 0.25) is 0 Å². The van der Waals surface area contributed by atoms with Crippen LogP contribution < -0.4 is 0 Å². The van der Waals surface area contributed by atoms with Crippen LogP contribution in [0.25, 0.3) is 0 Å². The van der Waals surface area contributed by atoms with Gasteiger partial charge in [-0.05, 0) is 0 Å². The first-order chi connectivity index (χ1) is 7.18. The molecule has 0 bridgehead atoms. The molecule has 0 aromatic heterocycles. The maximum absolute atomic E-state index is 10.2. The number of rotatable bonds is 2. The van der Waals surface area contributed by atoms with E-state index in [9.17, 15) is 5.11 Å². The predicted octanol–water partition coefficient (Wildman–Crippen LogP) is -0.813. The summed E-state index contributed by atoms with van der Waals surface area (Å²) in [5.74, 6) is 2.53. The molecule has 2 aliphatic heterocycles. The fraction of sp³-hybridized carbons (Fsp3) is 0.875. The molecule has 2 N–H and O–H groups in total. The third kappa shape index (κ3) is 1.99. The van der Waals surface area contributed by atoms with E-state index < -0.39 is 23.8 Å². The first-order valence-corrected chi connectivity index (χ1v) is 5.46. The summed E-state index contributed by atoms with van der Waals surface area (Å²) in [5.41, 5.74) is -1.38. The van der Waals surface area contributed by atoms with E-state index in [-0.39, 0.29) is 13.0 Å². The third-order valence-electron chi connectivity index (χ3n) is 2.68. The summed E-state index contributed by atoms with van der Waals surface area (Å²) in [7, 11) is 6.13. The minimum absolute atomic E-state index is 0.105. The molecule has 1 fully saturated rings. The van der Waals surface area contributed by atoms with Crippen LogP contribution in [0.4, 0.5) is 0 Å². The summed E-state index contributed by atoms with van der Waals surface area (Å²) in [6.07, 6.45) is -0.942. The molecule has 5 nitrogen and oxygen atoms in total. The van der Waals surface area contributed by atoms with Gasteiger partial charge < -0.3 is 0 Å². The second-order valence-electron chi connectivity index (χ2n) is 3.58. The van der Waals surface area contributed by atoms with Crippen LogP contribution in [-0.4, -0.2) is 55.1 Å². The normalized spacial score (nSPS) is 44.5. The van der Waals surface area contributed by atoms with Gasteiger partial charge in [0.05, 0.1) is 0 Å². The van der Waals surface area contributed by atoms with E-state index in [1.54, 1.807) is 0 Å². The number of fused-ring (bicyclic) bond motifs is 1. The van der Waals surface area contributed by atoms with E-state index in [4.69, 9.17) is 27.0 Å². The molecule has 0 spiro atoms. The average Bonchev–Trinajstić information content (AvgIpc) is 2.42. The van der Waals surface area contributed by atoms with Gasteiger partial charge in [0.1, 0.15) is 0 Å². The van der Waals surface area contributed by atoms with Crippen LogP contribution in [-0.2, 0) is 14.0 Å². The second kappa shape index (κ2) is 4.52. The molecule has 1 saturated heterocycles. The van der Waals surface area contributed by atoms with Gasteiger partial charge in [0.15, 0.2) is 0 Å². The number of hydrogen-bond donors (Lipinski definition) is 2. The number of aliphatic hydroxyl groups excluding tert-OH is 1. The molecule has 4 atom stereocenters. The summed E-state index contributed by atoms with van der Waals surface area (Å²) >= 11 is 0. The van der Waals surface area contributed by atoms with Crippen LogP contribution in [0.15, 0.2) is 0 Å². The molecule has 0 aliphatic carbocycles. The van der Waals surface area contributed by atoms with E-state index in [1.165, 1.54) is 0 Å². The molecule has 80 valence electrons. The standard InChI is InChI=1S/C8H11BO5P/c9-7-8(11,1-2-10)6-5(14-7)3-13-15-4-12-6/h5-7,10-11H,1-3H2/q+1/t5?,6-,7?,8+/m1/s1. The first-order valence-electron chi connectivity index (χ1n) is 4.65. The second-order valence-corrected chi connectivity index (χ2v) is 4.20. The Morgan fingerprint density at radius 2 is 2.40 bits per heavy atom. The van der Waals surface area contributed by atoms with Gasteiger partial charge in [-0.1, -0.05) is 0 Å². The summed E-state index contributed by atoms with van der Waals surface area (Å²) in [6, 6.07) is -0.875. The van der Waals surface area contributed by atoms with Crippen molar-refractivity contribution in [3.05, 3.63) is 0 Å². The minimum atomic E-state index is -1.38. The van der Waals surface area contributed by atoms with Gasteiger partial charge in [-0.15, -0.1) is 0 Å². The van der Waals surface area contributed by atoms with Crippen LogP contribution in [0.1, 0.15) is 6.42 Å². The van der Waals surface area contributed by atoms with Gasteiger partial charge in [0.2, 0.25) is 0 Å². The number of hydrogen-bond acceptors (Lipinski definition) is 5. The Labute approximate surface area is 90.3 Å². The maximum atomic E-state index is 10.2. The van der Waals surface area contributed by atoms with E-state index in [1.807, 2.05) is 0 Å². The third-order valence-corrected chi connectivity index (χ3v) is 3.14. The van der Waals surface area contributed by atoms with Crippen molar-refractivity contribution in [2.75, 3.05) is 13.2 Å². The monoisotopic (exact) mass is 229 g/mol. The molecule has 2 aliphatic rings. The van der Waals surface area contributed by atoms with Crippen LogP contribution in [0.5, 0.6) is 0 Å². The van der Waals surface area contributed by atoms with Crippen molar-refractivity contribution in [2.45, 2.75) is 30.2 Å². The van der Waals surface area contributed by atoms with Gasteiger partial charge >= 0.3 is 89.6 Å². The van der Waals surface area contributed by atoms with E-state index in [2.05, 4.69) is 5.81 Å². The molecule has 0 amide bonds. The molecule has 0 aromatic rings. The molecular formula is C8H11BO5P+. The molecule has 2 rings (SSSR count). The molecule has 2 unspecified atom stereocenters.